The Hall–Kier alpha value is -1.89. The Morgan fingerprint density at radius 2 is 1.87 bits per heavy atom. The van der Waals surface area contributed by atoms with Gasteiger partial charge in [-0.2, -0.15) is 0 Å². The molecule has 1 heterocycles. The van der Waals surface area contributed by atoms with Crippen molar-refractivity contribution >= 4 is 40.4 Å². The predicted molar refractivity (Wildman–Crippen MR) is 91.9 cm³/mol. The third-order valence-electron chi connectivity index (χ3n) is 3.16. The van der Waals surface area contributed by atoms with Gasteiger partial charge >= 0.3 is 11.8 Å². The molecule has 0 bridgehead atoms. The first-order valence-electron chi connectivity index (χ1n) is 6.93. The molecule has 0 radical (unpaired) electrons. The molecule has 2 N–H and O–H groups in total. The van der Waals surface area contributed by atoms with Crippen molar-refractivity contribution < 1.29 is 14.3 Å². The predicted octanol–water partition coefficient (Wildman–Crippen LogP) is 3.15. The molecule has 0 saturated carbocycles. The number of anilines is 1. The maximum Gasteiger partial charge on any atom is 0.313 e. The highest BCUT2D eigenvalue weighted by atomic mass is 35.5. The van der Waals surface area contributed by atoms with Crippen molar-refractivity contribution in [1.82, 2.24) is 5.32 Å². The third-order valence-corrected chi connectivity index (χ3v) is 4.48. The van der Waals surface area contributed by atoms with Gasteiger partial charge in [-0.15, -0.1) is 11.3 Å². The Morgan fingerprint density at radius 1 is 1.17 bits per heavy atom. The first-order chi connectivity index (χ1) is 11.0. The molecule has 0 aliphatic rings. The lowest BCUT2D eigenvalue weighted by atomic mass is 10.2. The number of thiophene rings is 1. The Morgan fingerprint density at radius 3 is 2.43 bits per heavy atom. The fourth-order valence-electron chi connectivity index (χ4n) is 1.89. The van der Waals surface area contributed by atoms with Crippen LogP contribution in [0.1, 0.15) is 16.5 Å². The maximum atomic E-state index is 11.9. The molecule has 1 aromatic carbocycles. The minimum atomic E-state index is -0.715. The van der Waals surface area contributed by atoms with E-state index in [0.717, 1.165) is 10.4 Å². The lowest BCUT2D eigenvalue weighted by molar-refractivity contribution is -0.136. The second kappa shape index (κ2) is 8.10. The molecule has 0 saturated heterocycles. The number of halogens is 1. The number of nitrogens with one attached hydrogen (secondary N) is 2. The lowest BCUT2D eigenvalue weighted by Gasteiger charge is -2.14. The largest absolute Gasteiger partial charge is 0.374 e. The maximum absolute atomic E-state index is 11.9. The summed E-state index contributed by atoms with van der Waals surface area (Å²) in [5, 5.41) is 5.10. The van der Waals surface area contributed by atoms with Crippen molar-refractivity contribution in [1.29, 1.82) is 0 Å². The molecule has 23 heavy (non-hydrogen) atoms. The molecular weight excluding hydrogens is 336 g/mol. The molecule has 0 aliphatic heterocycles. The Bertz CT molecular complexity index is 685. The van der Waals surface area contributed by atoms with Crippen LogP contribution in [0.15, 0.2) is 36.4 Å². The van der Waals surface area contributed by atoms with Gasteiger partial charge in [0.15, 0.2) is 0 Å². The number of methoxy groups -OCH3 is 1. The minimum Gasteiger partial charge on any atom is -0.374 e. The average Bonchev–Trinajstić information content (AvgIpc) is 2.96. The molecule has 0 fully saturated rings. The number of hydrogen-bond acceptors (Lipinski definition) is 4. The van der Waals surface area contributed by atoms with Crippen molar-refractivity contribution in [2.24, 2.45) is 0 Å². The number of benzene rings is 1. The van der Waals surface area contributed by atoms with Crippen molar-refractivity contribution in [3.63, 3.8) is 0 Å². The van der Waals surface area contributed by atoms with Crippen molar-refractivity contribution in [3.05, 3.63) is 51.2 Å². The quantitative estimate of drug-likeness (QED) is 0.812. The van der Waals surface area contributed by atoms with Crippen molar-refractivity contribution in [2.45, 2.75) is 13.0 Å². The van der Waals surface area contributed by atoms with E-state index in [-0.39, 0.29) is 12.6 Å². The molecule has 0 spiro atoms. The topological polar surface area (TPSA) is 67.4 Å². The van der Waals surface area contributed by atoms with Crippen LogP contribution in [0.4, 0.5) is 5.69 Å². The number of carbonyl (C=O) groups is 2. The first-order valence-corrected chi connectivity index (χ1v) is 8.13. The Balaban J connectivity index is 1.87. The summed E-state index contributed by atoms with van der Waals surface area (Å²) in [5.74, 6) is -1.43. The molecule has 122 valence electrons. The van der Waals surface area contributed by atoms with Gasteiger partial charge in [-0.3, -0.25) is 9.59 Å². The van der Waals surface area contributed by atoms with Crippen molar-refractivity contribution in [3.8, 4) is 0 Å². The standard InChI is InChI=1S/C16H17ClN2O3S/c1-10-3-5-11(6-4-10)19-16(21)15(20)18-9-12(22-2)13-7-8-14(17)23-13/h3-8,12H,9H2,1-2H3,(H,18,20)(H,19,21). The summed E-state index contributed by atoms with van der Waals surface area (Å²) in [6.07, 6.45) is -0.344. The van der Waals surface area contributed by atoms with Crippen molar-refractivity contribution in [2.75, 3.05) is 19.0 Å². The summed E-state index contributed by atoms with van der Waals surface area (Å²) < 4.78 is 5.96. The molecule has 1 unspecified atom stereocenters. The van der Waals surface area contributed by atoms with Crippen LogP contribution in [0.5, 0.6) is 0 Å². The third kappa shape index (κ3) is 5.06. The Kier molecular flexibility index (Phi) is 6.15. The van der Waals surface area contributed by atoms with Crippen LogP contribution in [-0.4, -0.2) is 25.5 Å². The highest BCUT2D eigenvalue weighted by Gasteiger charge is 2.18. The molecule has 1 aromatic heterocycles. The smallest absolute Gasteiger partial charge is 0.313 e. The van der Waals surface area contributed by atoms with E-state index in [4.69, 9.17) is 16.3 Å². The summed E-state index contributed by atoms with van der Waals surface area (Å²) in [4.78, 5) is 24.6. The van der Waals surface area contributed by atoms with Crippen LogP contribution in [0, 0.1) is 6.92 Å². The van der Waals surface area contributed by atoms with E-state index in [0.29, 0.717) is 10.0 Å². The zero-order valence-corrected chi connectivity index (χ0v) is 14.3. The number of amides is 2. The molecular formula is C16H17ClN2O3S. The van der Waals surface area contributed by atoms with Crippen LogP contribution in [-0.2, 0) is 14.3 Å². The fraction of sp³-hybridized carbons (Fsp3) is 0.250. The van der Waals surface area contributed by atoms with Gasteiger partial charge in [-0.25, -0.2) is 0 Å². The molecule has 0 aliphatic carbocycles. The Labute approximate surface area is 143 Å². The molecule has 7 heteroatoms. The molecule has 2 rings (SSSR count). The van der Waals surface area contributed by atoms with E-state index in [2.05, 4.69) is 10.6 Å². The van der Waals surface area contributed by atoms with Crippen LogP contribution < -0.4 is 10.6 Å². The zero-order chi connectivity index (χ0) is 16.8. The molecule has 2 amide bonds. The van der Waals surface area contributed by atoms with Gasteiger partial charge in [0.05, 0.1) is 4.34 Å². The zero-order valence-electron chi connectivity index (χ0n) is 12.8. The highest BCUT2D eigenvalue weighted by molar-refractivity contribution is 7.16. The van der Waals surface area contributed by atoms with Gasteiger partial charge in [0.1, 0.15) is 6.10 Å². The highest BCUT2D eigenvalue weighted by Crippen LogP contribution is 2.28. The first kappa shape index (κ1) is 17.5. The second-order valence-corrected chi connectivity index (χ2v) is 6.64. The van der Waals surface area contributed by atoms with Gasteiger partial charge < -0.3 is 15.4 Å². The summed E-state index contributed by atoms with van der Waals surface area (Å²) in [7, 11) is 1.54. The van der Waals surface area contributed by atoms with Gasteiger partial charge in [0.2, 0.25) is 0 Å². The van der Waals surface area contributed by atoms with Gasteiger partial charge in [0.25, 0.3) is 0 Å². The fourth-order valence-corrected chi connectivity index (χ4v) is 3.03. The SMILES string of the molecule is COC(CNC(=O)C(=O)Nc1ccc(C)cc1)c1ccc(Cl)s1. The summed E-state index contributed by atoms with van der Waals surface area (Å²) >= 11 is 7.26. The van der Waals surface area contributed by atoms with E-state index in [1.807, 2.05) is 25.1 Å². The minimum absolute atomic E-state index is 0.188. The summed E-state index contributed by atoms with van der Waals surface area (Å²) in [6.45, 7) is 2.13. The second-order valence-electron chi connectivity index (χ2n) is 4.90. The van der Waals surface area contributed by atoms with Gasteiger partial charge in [-0.05, 0) is 31.2 Å². The van der Waals surface area contributed by atoms with E-state index in [9.17, 15) is 9.59 Å². The molecule has 5 nitrogen and oxygen atoms in total. The van der Waals surface area contributed by atoms with E-state index in [1.165, 1.54) is 18.4 Å². The van der Waals surface area contributed by atoms with Crippen LogP contribution in [0.2, 0.25) is 4.34 Å². The number of ether oxygens (including phenoxy) is 1. The van der Waals surface area contributed by atoms with E-state index in [1.54, 1.807) is 18.2 Å². The number of hydrogen-bond donors (Lipinski definition) is 2. The van der Waals surface area contributed by atoms with Crippen LogP contribution in [0.3, 0.4) is 0 Å². The van der Waals surface area contributed by atoms with E-state index < -0.39 is 11.8 Å². The van der Waals surface area contributed by atoms with Gasteiger partial charge in [0, 0.05) is 24.2 Å². The molecule has 1 atom stereocenters. The average molecular weight is 353 g/mol. The monoisotopic (exact) mass is 352 g/mol. The number of carbonyl (C=O) groups excluding carboxylic acids is 2. The van der Waals surface area contributed by atoms with Crippen LogP contribution >= 0.6 is 22.9 Å². The molecule has 2 aromatic rings. The summed E-state index contributed by atoms with van der Waals surface area (Å²) in [6, 6.07) is 10.8. The van der Waals surface area contributed by atoms with Crippen LogP contribution in [0.25, 0.3) is 0 Å². The van der Waals surface area contributed by atoms with E-state index >= 15 is 0 Å². The van der Waals surface area contributed by atoms with Gasteiger partial charge in [-0.1, -0.05) is 29.3 Å². The normalized spacial score (nSPS) is 11.8. The number of rotatable bonds is 5. The number of aryl methyl sites for hydroxylation is 1. The lowest BCUT2D eigenvalue weighted by Crippen LogP contribution is -2.37. The summed E-state index contributed by atoms with van der Waals surface area (Å²) in [5.41, 5.74) is 1.65.